The van der Waals surface area contributed by atoms with Gasteiger partial charge in [0.1, 0.15) is 0 Å². The summed E-state index contributed by atoms with van der Waals surface area (Å²) in [5, 5.41) is 7.98. The van der Waals surface area contributed by atoms with Crippen LogP contribution in [0.5, 0.6) is 5.75 Å². The lowest BCUT2D eigenvalue weighted by Crippen LogP contribution is -2.36. The Morgan fingerprint density at radius 3 is 2.94 bits per heavy atom. The van der Waals surface area contributed by atoms with Crippen LogP contribution >= 0.6 is 0 Å². The van der Waals surface area contributed by atoms with Crippen LogP contribution in [0.25, 0.3) is 0 Å². The standard InChI is InChI=1S/C13H23N3O/c1-4-7-16-13(12(17-3)9-15-16)11-6-5-10(2)14-8-11/h9-11,14H,4-8H2,1-3H3. The number of aromatic nitrogens is 2. The summed E-state index contributed by atoms with van der Waals surface area (Å²) in [6.07, 6.45) is 5.41. The molecule has 1 fully saturated rings. The number of methoxy groups -OCH3 is 1. The van der Waals surface area contributed by atoms with E-state index >= 15 is 0 Å². The van der Waals surface area contributed by atoms with Gasteiger partial charge in [-0.2, -0.15) is 5.10 Å². The Morgan fingerprint density at radius 1 is 1.53 bits per heavy atom. The Morgan fingerprint density at radius 2 is 2.35 bits per heavy atom. The minimum Gasteiger partial charge on any atom is -0.493 e. The topological polar surface area (TPSA) is 39.1 Å². The SMILES string of the molecule is CCCn1ncc(OC)c1C1CCC(C)NC1. The van der Waals surface area contributed by atoms with E-state index in [4.69, 9.17) is 4.74 Å². The van der Waals surface area contributed by atoms with E-state index in [1.165, 1.54) is 18.5 Å². The largest absolute Gasteiger partial charge is 0.493 e. The van der Waals surface area contributed by atoms with Crippen LogP contribution < -0.4 is 10.1 Å². The van der Waals surface area contributed by atoms with Gasteiger partial charge in [-0.1, -0.05) is 6.92 Å². The predicted molar refractivity (Wildman–Crippen MR) is 68.5 cm³/mol. The molecule has 0 aliphatic carbocycles. The van der Waals surface area contributed by atoms with Crippen molar-refractivity contribution >= 4 is 0 Å². The molecule has 1 aromatic heterocycles. The minimum absolute atomic E-state index is 0.537. The van der Waals surface area contributed by atoms with Gasteiger partial charge in [-0.25, -0.2) is 0 Å². The maximum absolute atomic E-state index is 5.44. The van der Waals surface area contributed by atoms with Crippen LogP contribution in [0.2, 0.25) is 0 Å². The fraction of sp³-hybridized carbons (Fsp3) is 0.769. The third-order valence-corrected chi connectivity index (χ3v) is 3.55. The van der Waals surface area contributed by atoms with Gasteiger partial charge < -0.3 is 10.1 Å². The van der Waals surface area contributed by atoms with Crippen molar-refractivity contribution in [2.24, 2.45) is 0 Å². The van der Waals surface area contributed by atoms with Crippen molar-refractivity contribution in [3.63, 3.8) is 0 Å². The van der Waals surface area contributed by atoms with E-state index in [1.54, 1.807) is 7.11 Å². The number of rotatable bonds is 4. The number of nitrogens with zero attached hydrogens (tertiary/aromatic N) is 2. The lowest BCUT2D eigenvalue weighted by molar-refractivity contribution is 0.350. The quantitative estimate of drug-likeness (QED) is 0.872. The Hall–Kier alpha value is -1.03. The smallest absolute Gasteiger partial charge is 0.160 e. The molecule has 1 aliphatic heterocycles. The molecule has 0 aromatic carbocycles. The highest BCUT2D eigenvalue weighted by Gasteiger charge is 2.25. The van der Waals surface area contributed by atoms with E-state index in [9.17, 15) is 0 Å². The first kappa shape index (κ1) is 12.4. The molecule has 0 amide bonds. The number of ether oxygens (including phenoxy) is 1. The maximum Gasteiger partial charge on any atom is 0.160 e. The van der Waals surface area contributed by atoms with Gasteiger partial charge in [0.15, 0.2) is 5.75 Å². The summed E-state index contributed by atoms with van der Waals surface area (Å²) in [5.41, 5.74) is 1.27. The molecule has 1 aliphatic rings. The molecule has 2 atom stereocenters. The molecule has 0 saturated carbocycles. The fourth-order valence-electron chi connectivity index (χ4n) is 2.57. The number of nitrogens with one attached hydrogen (secondary N) is 1. The van der Waals surface area contributed by atoms with Crippen molar-refractivity contribution in [2.75, 3.05) is 13.7 Å². The monoisotopic (exact) mass is 237 g/mol. The van der Waals surface area contributed by atoms with Gasteiger partial charge in [-0.3, -0.25) is 4.68 Å². The van der Waals surface area contributed by atoms with Crippen molar-refractivity contribution in [1.82, 2.24) is 15.1 Å². The third kappa shape index (κ3) is 2.63. The van der Waals surface area contributed by atoms with E-state index < -0.39 is 0 Å². The van der Waals surface area contributed by atoms with Crippen LogP contribution in [0.3, 0.4) is 0 Å². The van der Waals surface area contributed by atoms with Gasteiger partial charge in [-0.15, -0.1) is 0 Å². The molecule has 2 heterocycles. The molecule has 0 bridgehead atoms. The van der Waals surface area contributed by atoms with Gasteiger partial charge in [-0.05, 0) is 26.2 Å². The normalized spacial score (nSPS) is 24.9. The Balaban J connectivity index is 2.19. The van der Waals surface area contributed by atoms with Gasteiger partial charge in [0, 0.05) is 25.0 Å². The van der Waals surface area contributed by atoms with Gasteiger partial charge in [0.25, 0.3) is 0 Å². The summed E-state index contributed by atoms with van der Waals surface area (Å²) in [7, 11) is 1.73. The van der Waals surface area contributed by atoms with Crippen molar-refractivity contribution in [3.8, 4) is 5.75 Å². The van der Waals surface area contributed by atoms with Crippen molar-refractivity contribution in [2.45, 2.75) is 51.6 Å². The highest BCUT2D eigenvalue weighted by atomic mass is 16.5. The van der Waals surface area contributed by atoms with Crippen LogP contribution in [-0.4, -0.2) is 29.5 Å². The van der Waals surface area contributed by atoms with Crippen LogP contribution in [0.4, 0.5) is 0 Å². The first-order chi connectivity index (χ1) is 8.26. The van der Waals surface area contributed by atoms with E-state index in [-0.39, 0.29) is 0 Å². The highest BCUT2D eigenvalue weighted by molar-refractivity contribution is 5.29. The number of hydrogen-bond acceptors (Lipinski definition) is 3. The second kappa shape index (κ2) is 5.54. The van der Waals surface area contributed by atoms with Crippen LogP contribution in [-0.2, 0) is 6.54 Å². The average Bonchev–Trinajstić information content (AvgIpc) is 2.74. The maximum atomic E-state index is 5.44. The third-order valence-electron chi connectivity index (χ3n) is 3.55. The van der Waals surface area contributed by atoms with E-state index in [1.807, 2.05) is 6.20 Å². The summed E-state index contributed by atoms with van der Waals surface area (Å²) in [5.74, 6) is 1.48. The molecule has 0 radical (unpaired) electrons. The molecular weight excluding hydrogens is 214 g/mol. The molecular formula is C13H23N3O. The first-order valence-electron chi connectivity index (χ1n) is 6.59. The predicted octanol–water partition coefficient (Wildman–Crippen LogP) is 2.16. The molecule has 1 N–H and O–H groups in total. The lowest BCUT2D eigenvalue weighted by atomic mass is 9.92. The second-order valence-electron chi connectivity index (χ2n) is 4.90. The highest BCUT2D eigenvalue weighted by Crippen LogP contribution is 2.32. The fourth-order valence-corrected chi connectivity index (χ4v) is 2.57. The van der Waals surface area contributed by atoms with Gasteiger partial charge in [0.05, 0.1) is 19.0 Å². The number of piperidine rings is 1. The molecule has 17 heavy (non-hydrogen) atoms. The van der Waals surface area contributed by atoms with Crippen molar-refractivity contribution < 1.29 is 4.74 Å². The number of hydrogen-bond donors (Lipinski definition) is 1. The molecule has 0 spiro atoms. The zero-order valence-corrected chi connectivity index (χ0v) is 11.1. The minimum atomic E-state index is 0.537. The summed E-state index contributed by atoms with van der Waals surface area (Å²) in [4.78, 5) is 0. The molecule has 1 aromatic rings. The van der Waals surface area contributed by atoms with Gasteiger partial charge >= 0.3 is 0 Å². The molecule has 4 heteroatoms. The van der Waals surface area contributed by atoms with Crippen LogP contribution in [0.15, 0.2) is 6.20 Å². The number of aryl methyl sites for hydroxylation is 1. The molecule has 2 unspecified atom stereocenters. The van der Waals surface area contributed by atoms with E-state index in [0.717, 1.165) is 25.3 Å². The van der Waals surface area contributed by atoms with Crippen LogP contribution in [0, 0.1) is 0 Å². The molecule has 2 rings (SSSR count). The first-order valence-corrected chi connectivity index (χ1v) is 6.59. The lowest BCUT2D eigenvalue weighted by Gasteiger charge is -2.28. The average molecular weight is 237 g/mol. The zero-order valence-electron chi connectivity index (χ0n) is 11.1. The Labute approximate surface area is 103 Å². The van der Waals surface area contributed by atoms with Crippen LogP contribution in [0.1, 0.15) is 44.7 Å². The second-order valence-corrected chi connectivity index (χ2v) is 4.90. The molecule has 4 nitrogen and oxygen atoms in total. The van der Waals surface area contributed by atoms with Crippen molar-refractivity contribution in [3.05, 3.63) is 11.9 Å². The molecule has 1 saturated heterocycles. The van der Waals surface area contributed by atoms with Crippen molar-refractivity contribution in [1.29, 1.82) is 0 Å². The summed E-state index contributed by atoms with van der Waals surface area (Å²) in [6.45, 7) is 6.44. The summed E-state index contributed by atoms with van der Waals surface area (Å²) >= 11 is 0. The molecule has 96 valence electrons. The van der Waals surface area contributed by atoms with E-state index in [0.29, 0.717) is 12.0 Å². The summed E-state index contributed by atoms with van der Waals surface area (Å²) in [6, 6.07) is 0.639. The Bertz CT molecular complexity index is 354. The zero-order chi connectivity index (χ0) is 12.3. The Kier molecular flexibility index (Phi) is 4.05. The summed E-state index contributed by atoms with van der Waals surface area (Å²) < 4.78 is 7.55. The van der Waals surface area contributed by atoms with Gasteiger partial charge in [0.2, 0.25) is 0 Å². The van der Waals surface area contributed by atoms with E-state index in [2.05, 4.69) is 28.9 Å².